The Balaban J connectivity index is 2.70. The number of aromatic nitrogens is 1. The maximum absolute atomic E-state index is 12.8. The third-order valence-electron chi connectivity index (χ3n) is 4.01. The van der Waals surface area contributed by atoms with Crippen molar-refractivity contribution in [1.29, 1.82) is 0 Å². The fourth-order valence-corrected chi connectivity index (χ4v) is 2.31. The first-order valence-electron chi connectivity index (χ1n) is 8.77. The first-order chi connectivity index (χ1) is 11.6. The number of hydrogen-bond donors (Lipinski definition) is 1. The zero-order valence-corrected chi connectivity index (χ0v) is 16.2. The molecule has 140 valence electrons. The van der Waals surface area contributed by atoms with Gasteiger partial charge >= 0.3 is 6.09 Å². The van der Waals surface area contributed by atoms with Crippen molar-refractivity contribution in [2.75, 3.05) is 13.6 Å². The first kappa shape index (κ1) is 20.9. The largest absolute Gasteiger partial charge is 0.444 e. The van der Waals surface area contributed by atoms with E-state index < -0.39 is 17.7 Å². The van der Waals surface area contributed by atoms with E-state index in [4.69, 9.17) is 4.74 Å². The summed E-state index contributed by atoms with van der Waals surface area (Å²) in [4.78, 5) is 30.5. The molecule has 0 aliphatic carbocycles. The van der Waals surface area contributed by atoms with Crippen molar-refractivity contribution in [2.24, 2.45) is 5.92 Å². The molecule has 0 aromatic carbocycles. The van der Waals surface area contributed by atoms with Crippen LogP contribution in [0.5, 0.6) is 0 Å². The molecule has 0 radical (unpaired) electrons. The first-order valence-corrected chi connectivity index (χ1v) is 8.77. The molecular formula is C19H31N3O3. The number of nitrogens with zero attached hydrogens (tertiary/aromatic N) is 2. The SMILES string of the molecule is CCC(C)C(NC(=O)OC(C)(C)C)C(=O)N(C)CCc1ccncc1. The van der Waals surface area contributed by atoms with Gasteiger partial charge in [0.2, 0.25) is 5.91 Å². The van der Waals surface area contributed by atoms with E-state index in [2.05, 4.69) is 10.3 Å². The van der Waals surface area contributed by atoms with E-state index in [0.29, 0.717) is 6.54 Å². The molecule has 6 heteroatoms. The highest BCUT2D eigenvalue weighted by Crippen LogP contribution is 2.13. The van der Waals surface area contributed by atoms with E-state index in [1.165, 1.54) is 0 Å². The van der Waals surface area contributed by atoms with Crippen molar-refractivity contribution in [1.82, 2.24) is 15.2 Å². The number of ether oxygens (including phenoxy) is 1. The van der Waals surface area contributed by atoms with E-state index in [1.54, 1.807) is 45.1 Å². The van der Waals surface area contributed by atoms with Crippen LogP contribution in [-0.2, 0) is 16.0 Å². The molecule has 1 rings (SSSR count). The normalized spacial score (nSPS) is 13.7. The van der Waals surface area contributed by atoms with Crippen LogP contribution in [0, 0.1) is 5.92 Å². The third-order valence-corrected chi connectivity index (χ3v) is 4.01. The Bertz CT molecular complexity index is 555. The molecule has 0 saturated carbocycles. The molecule has 0 fully saturated rings. The Morgan fingerprint density at radius 3 is 2.40 bits per heavy atom. The van der Waals surface area contributed by atoms with Crippen LogP contribution in [0.25, 0.3) is 0 Å². The predicted octanol–water partition coefficient (Wildman–Crippen LogP) is 3.02. The number of carbonyl (C=O) groups excluding carboxylic acids is 2. The molecule has 6 nitrogen and oxygen atoms in total. The summed E-state index contributed by atoms with van der Waals surface area (Å²) in [5.41, 5.74) is 0.523. The highest BCUT2D eigenvalue weighted by molar-refractivity contribution is 5.85. The minimum atomic E-state index is -0.597. The molecule has 0 saturated heterocycles. The van der Waals surface area contributed by atoms with Crippen molar-refractivity contribution >= 4 is 12.0 Å². The van der Waals surface area contributed by atoms with Gasteiger partial charge < -0.3 is 15.0 Å². The predicted molar refractivity (Wildman–Crippen MR) is 98.2 cm³/mol. The number of alkyl carbamates (subject to hydrolysis) is 1. The minimum absolute atomic E-state index is 0.0170. The summed E-state index contributed by atoms with van der Waals surface area (Å²) in [6.07, 6.45) is 4.44. The second kappa shape index (κ2) is 9.39. The molecule has 0 bridgehead atoms. The molecular weight excluding hydrogens is 318 g/mol. The highest BCUT2D eigenvalue weighted by Gasteiger charge is 2.30. The van der Waals surface area contributed by atoms with E-state index in [0.717, 1.165) is 18.4 Å². The van der Waals surface area contributed by atoms with Gasteiger partial charge in [-0.15, -0.1) is 0 Å². The summed E-state index contributed by atoms with van der Waals surface area (Å²) < 4.78 is 5.29. The maximum Gasteiger partial charge on any atom is 0.408 e. The maximum atomic E-state index is 12.8. The molecule has 0 aliphatic heterocycles. The van der Waals surface area contributed by atoms with Gasteiger partial charge in [-0.3, -0.25) is 9.78 Å². The molecule has 0 spiro atoms. The smallest absolute Gasteiger partial charge is 0.408 e. The average molecular weight is 349 g/mol. The summed E-state index contributed by atoms with van der Waals surface area (Å²) in [6, 6.07) is 3.27. The number of likely N-dealkylation sites (N-methyl/N-ethyl adjacent to an activating group) is 1. The van der Waals surface area contributed by atoms with Gasteiger partial charge in [-0.1, -0.05) is 20.3 Å². The van der Waals surface area contributed by atoms with Crippen molar-refractivity contribution in [3.8, 4) is 0 Å². The molecule has 2 atom stereocenters. The molecule has 2 amide bonds. The summed E-state index contributed by atoms with van der Waals surface area (Å²) in [6.45, 7) is 9.93. The fourth-order valence-electron chi connectivity index (χ4n) is 2.31. The summed E-state index contributed by atoms with van der Waals surface area (Å²) >= 11 is 0. The number of carbonyl (C=O) groups is 2. The van der Waals surface area contributed by atoms with Crippen molar-refractivity contribution in [2.45, 2.75) is 59.1 Å². The van der Waals surface area contributed by atoms with Gasteiger partial charge in [0.25, 0.3) is 0 Å². The van der Waals surface area contributed by atoms with E-state index in [-0.39, 0.29) is 11.8 Å². The summed E-state index contributed by atoms with van der Waals surface area (Å²) in [7, 11) is 1.76. The molecule has 1 aromatic heterocycles. The van der Waals surface area contributed by atoms with Crippen LogP contribution >= 0.6 is 0 Å². The zero-order chi connectivity index (χ0) is 19.0. The van der Waals surface area contributed by atoms with Gasteiger partial charge in [-0.05, 0) is 50.8 Å². The minimum Gasteiger partial charge on any atom is -0.444 e. The molecule has 1 N–H and O–H groups in total. The Labute approximate surface area is 151 Å². The van der Waals surface area contributed by atoms with Crippen molar-refractivity contribution < 1.29 is 14.3 Å². The van der Waals surface area contributed by atoms with E-state index in [1.807, 2.05) is 26.0 Å². The lowest BCUT2D eigenvalue weighted by atomic mass is 9.98. The van der Waals surface area contributed by atoms with Crippen molar-refractivity contribution in [3.63, 3.8) is 0 Å². The lowest BCUT2D eigenvalue weighted by Crippen LogP contribution is -2.52. The van der Waals surface area contributed by atoms with Gasteiger partial charge in [0, 0.05) is 26.0 Å². The number of hydrogen-bond acceptors (Lipinski definition) is 4. The van der Waals surface area contributed by atoms with Crippen LogP contribution in [0.1, 0.15) is 46.6 Å². The highest BCUT2D eigenvalue weighted by atomic mass is 16.6. The molecule has 1 heterocycles. The van der Waals surface area contributed by atoms with E-state index >= 15 is 0 Å². The number of nitrogens with one attached hydrogen (secondary N) is 1. The van der Waals surface area contributed by atoms with Gasteiger partial charge in [0.05, 0.1) is 0 Å². The van der Waals surface area contributed by atoms with Gasteiger partial charge in [0.1, 0.15) is 11.6 Å². The van der Waals surface area contributed by atoms with Crippen LogP contribution < -0.4 is 5.32 Å². The average Bonchev–Trinajstić information content (AvgIpc) is 2.55. The Morgan fingerprint density at radius 2 is 1.88 bits per heavy atom. The zero-order valence-electron chi connectivity index (χ0n) is 16.2. The molecule has 0 aliphatic rings. The Kier molecular flexibility index (Phi) is 7.87. The number of rotatable bonds is 7. The van der Waals surface area contributed by atoms with Gasteiger partial charge in [-0.2, -0.15) is 0 Å². The molecule has 25 heavy (non-hydrogen) atoms. The molecule has 1 aromatic rings. The third kappa shape index (κ3) is 7.54. The Hall–Kier alpha value is -2.11. The molecule has 2 unspecified atom stereocenters. The second-order valence-corrected chi connectivity index (χ2v) is 7.37. The lowest BCUT2D eigenvalue weighted by molar-refractivity contribution is -0.133. The lowest BCUT2D eigenvalue weighted by Gasteiger charge is -2.29. The topological polar surface area (TPSA) is 71.5 Å². The quantitative estimate of drug-likeness (QED) is 0.821. The summed E-state index contributed by atoms with van der Waals surface area (Å²) in [5.74, 6) is -0.0855. The van der Waals surface area contributed by atoms with Gasteiger partial charge in [-0.25, -0.2) is 4.79 Å². The number of pyridine rings is 1. The fraction of sp³-hybridized carbons (Fsp3) is 0.632. The van der Waals surface area contributed by atoms with Gasteiger partial charge in [0.15, 0.2) is 0 Å². The second-order valence-electron chi connectivity index (χ2n) is 7.37. The van der Waals surface area contributed by atoms with Crippen LogP contribution in [0.4, 0.5) is 4.79 Å². The summed E-state index contributed by atoms with van der Waals surface area (Å²) in [5, 5.41) is 2.74. The monoisotopic (exact) mass is 349 g/mol. The number of amides is 2. The van der Waals surface area contributed by atoms with Crippen LogP contribution in [-0.4, -0.2) is 47.1 Å². The Morgan fingerprint density at radius 1 is 1.28 bits per heavy atom. The standard InChI is InChI=1S/C19H31N3O3/c1-7-14(2)16(21-18(24)25-19(3,4)5)17(23)22(6)13-10-15-8-11-20-12-9-15/h8-9,11-12,14,16H,7,10,13H2,1-6H3,(H,21,24). The van der Waals surface area contributed by atoms with Crippen molar-refractivity contribution in [3.05, 3.63) is 30.1 Å². The van der Waals surface area contributed by atoms with Crippen LogP contribution in [0.2, 0.25) is 0 Å². The van der Waals surface area contributed by atoms with Crippen LogP contribution in [0.3, 0.4) is 0 Å². The van der Waals surface area contributed by atoms with Crippen LogP contribution in [0.15, 0.2) is 24.5 Å². The van der Waals surface area contributed by atoms with E-state index in [9.17, 15) is 9.59 Å².